The highest BCUT2D eigenvalue weighted by Crippen LogP contribution is 2.42. The van der Waals surface area contributed by atoms with Crippen LogP contribution in [0.25, 0.3) is 0 Å². The molecule has 0 saturated heterocycles. The molecule has 0 heterocycles. The Morgan fingerprint density at radius 3 is 2.33 bits per heavy atom. The average Bonchev–Trinajstić information content (AvgIpc) is 2.10. The normalized spacial score (nSPS) is 11.6. The van der Waals surface area contributed by atoms with Crippen LogP contribution in [0, 0.1) is 0 Å². The zero-order chi connectivity index (χ0) is 11.6. The monoisotopic (exact) mass is 339 g/mol. The van der Waals surface area contributed by atoms with Gasteiger partial charge in [0.25, 0.3) is 0 Å². The van der Waals surface area contributed by atoms with E-state index < -0.39 is 6.30 Å². The summed E-state index contributed by atoms with van der Waals surface area (Å²) in [5.41, 5.74) is -0.210. The van der Waals surface area contributed by atoms with Crippen molar-refractivity contribution in [2.45, 2.75) is 6.30 Å². The van der Waals surface area contributed by atoms with Gasteiger partial charge < -0.3 is 0 Å². The van der Waals surface area contributed by atoms with Gasteiger partial charge in [0.15, 0.2) is 0 Å². The molecule has 1 aromatic rings. The molecule has 84 valence electrons. The van der Waals surface area contributed by atoms with Crippen molar-refractivity contribution in [3.63, 3.8) is 0 Å². The van der Waals surface area contributed by atoms with Gasteiger partial charge in [0.05, 0.1) is 10.7 Å². The first-order valence-corrected chi connectivity index (χ1v) is 6.84. The first kappa shape index (κ1) is 13.3. The summed E-state index contributed by atoms with van der Waals surface area (Å²) in [5, 5.41) is 0.161. The van der Waals surface area contributed by atoms with Gasteiger partial charge in [0.2, 0.25) is 0 Å². The molecule has 0 atom stereocenters. The van der Waals surface area contributed by atoms with Crippen molar-refractivity contribution in [2.24, 2.45) is 0 Å². The Kier molecular flexibility index (Phi) is 4.46. The summed E-state index contributed by atoms with van der Waals surface area (Å²) in [6.45, 7) is 0. The van der Waals surface area contributed by atoms with Crippen LogP contribution in [-0.2, 0) is 0 Å². The molecule has 15 heavy (non-hydrogen) atoms. The lowest BCUT2D eigenvalue weighted by molar-refractivity contribution is -0.114. The first-order valence-electron chi connectivity index (χ1n) is 3.47. The summed E-state index contributed by atoms with van der Waals surface area (Å²) in [5.74, 6) is 0. The van der Waals surface area contributed by atoms with E-state index in [4.69, 9.17) is 23.2 Å². The number of benzene rings is 1. The van der Waals surface area contributed by atoms with Gasteiger partial charge in [-0.3, -0.25) is 0 Å². The fourth-order valence-corrected chi connectivity index (χ4v) is 2.54. The SMILES string of the molecule is FC(F)(F)N(SBr)c1cc(Cl)ccc1Cl. The number of hydrogen-bond acceptors (Lipinski definition) is 2. The molecular weight excluding hydrogens is 338 g/mol. The molecule has 1 rings (SSSR count). The molecule has 0 unspecified atom stereocenters. The van der Waals surface area contributed by atoms with Crippen LogP contribution in [0.1, 0.15) is 0 Å². The minimum Gasteiger partial charge on any atom is -0.214 e. The Morgan fingerprint density at radius 2 is 1.87 bits per heavy atom. The van der Waals surface area contributed by atoms with E-state index in [1.165, 1.54) is 12.1 Å². The highest BCUT2D eigenvalue weighted by atomic mass is 79.9. The van der Waals surface area contributed by atoms with Crippen molar-refractivity contribution >= 4 is 54.1 Å². The minimum atomic E-state index is -4.54. The van der Waals surface area contributed by atoms with E-state index in [-0.39, 0.29) is 20.0 Å². The Labute approximate surface area is 106 Å². The van der Waals surface area contributed by atoms with Crippen molar-refractivity contribution in [1.82, 2.24) is 0 Å². The van der Waals surface area contributed by atoms with E-state index in [0.717, 1.165) is 6.07 Å². The van der Waals surface area contributed by atoms with Gasteiger partial charge in [-0.1, -0.05) is 23.2 Å². The maximum Gasteiger partial charge on any atom is 0.495 e. The molecule has 0 aliphatic heterocycles. The Morgan fingerprint density at radius 1 is 1.27 bits per heavy atom. The van der Waals surface area contributed by atoms with Crippen molar-refractivity contribution in [1.29, 1.82) is 0 Å². The number of nitrogens with zero attached hydrogens (tertiary/aromatic N) is 1. The van der Waals surface area contributed by atoms with E-state index in [9.17, 15) is 13.2 Å². The first-order chi connectivity index (χ1) is 6.86. The predicted molar refractivity (Wildman–Crippen MR) is 61.5 cm³/mol. The van der Waals surface area contributed by atoms with Gasteiger partial charge in [-0.15, -0.1) is 13.2 Å². The standard InChI is InChI=1S/C7H3BrCl2F3NS/c8-15-14(7(11,12)13)6-3-4(9)1-2-5(6)10/h1-3H. The quantitative estimate of drug-likeness (QED) is 0.532. The van der Waals surface area contributed by atoms with Gasteiger partial charge in [0.1, 0.15) is 0 Å². The van der Waals surface area contributed by atoms with Gasteiger partial charge in [-0.05, 0) is 18.2 Å². The van der Waals surface area contributed by atoms with Gasteiger partial charge in [0, 0.05) is 30.2 Å². The number of halogens is 6. The maximum absolute atomic E-state index is 12.5. The third-order valence-electron chi connectivity index (χ3n) is 1.43. The largest absolute Gasteiger partial charge is 0.495 e. The number of rotatable bonds is 2. The van der Waals surface area contributed by atoms with E-state index in [1.54, 1.807) is 0 Å². The van der Waals surface area contributed by atoms with Crippen LogP contribution in [-0.4, -0.2) is 6.30 Å². The zero-order valence-corrected chi connectivity index (χ0v) is 10.8. The molecule has 0 amide bonds. The Bertz CT molecular complexity index is 361. The molecule has 0 fully saturated rings. The summed E-state index contributed by atoms with van der Waals surface area (Å²) >= 11 is 13.9. The molecule has 0 aliphatic rings. The van der Waals surface area contributed by atoms with E-state index in [0.29, 0.717) is 10.4 Å². The molecule has 0 saturated carbocycles. The van der Waals surface area contributed by atoms with Crippen molar-refractivity contribution in [3.05, 3.63) is 28.2 Å². The van der Waals surface area contributed by atoms with Gasteiger partial charge in [-0.25, -0.2) is 4.31 Å². The van der Waals surface area contributed by atoms with Crippen LogP contribution < -0.4 is 4.31 Å². The summed E-state index contributed by atoms with van der Waals surface area (Å²) < 4.78 is 37.5. The highest BCUT2D eigenvalue weighted by Gasteiger charge is 2.39. The molecule has 8 heteroatoms. The zero-order valence-electron chi connectivity index (χ0n) is 6.86. The van der Waals surface area contributed by atoms with E-state index in [2.05, 4.69) is 14.8 Å². The second-order valence-electron chi connectivity index (χ2n) is 2.43. The van der Waals surface area contributed by atoms with E-state index >= 15 is 0 Å². The van der Waals surface area contributed by atoms with E-state index in [1.807, 2.05) is 0 Å². The molecule has 0 spiro atoms. The molecule has 0 N–H and O–H groups in total. The third-order valence-corrected chi connectivity index (χ3v) is 3.39. The third kappa shape index (κ3) is 3.34. The van der Waals surface area contributed by atoms with Crippen molar-refractivity contribution in [2.75, 3.05) is 4.31 Å². The second-order valence-corrected chi connectivity index (χ2v) is 4.64. The lowest BCUT2D eigenvalue weighted by atomic mass is 10.3. The topological polar surface area (TPSA) is 3.24 Å². The predicted octanol–water partition coefficient (Wildman–Crippen LogP) is 5.28. The van der Waals surface area contributed by atoms with Crippen LogP contribution in [0.2, 0.25) is 10.0 Å². The van der Waals surface area contributed by atoms with Crippen LogP contribution >= 0.6 is 48.4 Å². The lowest BCUT2D eigenvalue weighted by Gasteiger charge is -2.23. The lowest BCUT2D eigenvalue weighted by Crippen LogP contribution is -2.30. The average molecular weight is 341 g/mol. The molecule has 0 bridgehead atoms. The summed E-state index contributed by atoms with van der Waals surface area (Å²) in [4.78, 5) is 0. The van der Waals surface area contributed by atoms with Gasteiger partial charge >= 0.3 is 6.30 Å². The molecule has 1 nitrogen and oxygen atoms in total. The van der Waals surface area contributed by atoms with Crippen LogP contribution in [0.4, 0.5) is 18.9 Å². The van der Waals surface area contributed by atoms with Crippen LogP contribution in [0.3, 0.4) is 0 Å². The number of anilines is 1. The van der Waals surface area contributed by atoms with Crippen molar-refractivity contribution < 1.29 is 13.2 Å². The molecule has 0 aromatic heterocycles. The molecule has 1 aromatic carbocycles. The van der Waals surface area contributed by atoms with Gasteiger partial charge in [-0.2, -0.15) is 0 Å². The molecule has 0 aliphatic carbocycles. The summed E-state index contributed by atoms with van der Waals surface area (Å²) in [6, 6.07) is 3.87. The number of alkyl halides is 3. The summed E-state index contributed by atoms with van der Waals surface area (Å²) in [6.07, 6.45) is -4.54. The fourth-order valence-electron chi connectivity index (χ4n) is 0.854. The Balaban J connectivity index is 3.18. The second kappa shape index (κ2) is 5.03. The molecule has 0 radical (unpaired) electrons. The minimum absolute atomic E-state index is 0.0244. The number of hydrogen-bond donors (Lipinski definition) is 0. The smallest absolute Gasteiger partial charge is 0.214 e. The Hall–Kier alpha value is 0.220. The highest BCUT2D eigenvalue weighted by molar-refractivity contribution is 9.50. The summed E-state index contributed by atoms with van der Waals surface area (Å²) in [7, 11) is 0.331. The fraction of sp³-hybridized carbons (Fsp3) is 0.143. The molecular formula is C7H3BrCl2F3NS. The van der Waals surface area contributed by atoms with Crippen molar-refractivity contribution in [3.8, 4) is 0 Å². The van der Waals surface area contributed by atoms with Crippen LogP contribution in [0.15, 0.2) is 18.2 Å². The van der Waals surface area contributed by atoms with Crippen LogP contribution in [0.5, 0.6) is 0 Å². The maximum atomic E-state index is 12.5.